The maximum absolute atomic E-state index is 14.1. The number of hydrogen-bond acceptors (Lipinski definition) is 5. The number of hydrogen-bond donors (Lipinski definition) is 2. The Bertz CT molecular complexity index is 986. The van der Waals surface area contributed by atoms with E-state index in [0.717, 1.165) is 33.2 Å². The van der Waals surface area contributed by atoms with Crippen molar-refractivity contribution in [1.29, 1.82) is 0 Å². The molecule has 4 amide bonds. The van der Waals surface area contributed by atoms with Gasteiger partial charge in [0.15, 0.2) is 17.5 Å². The molecule has 0 aromatic heterocycles. The van der Waals surface area contributed by atoms with Gasteiger partial charge in [0.05, 0.1) is 12.7 Å². The van der Waals surface area contributed by atoms with Crippen LogP contribution in [0.2, 0.25) is 0 Å². The van der Waals surface area contributed by atoms with Crippen molar-refractivity contribution in [1.82, 2.24) is 20.4 Å². The molecule has 3 rings (SSSR count). The molecule has 0 spiro atoms. The van der Waals surface area contributed by atoms with Crippen LogP contribution in [-0.4, -0.2) is 61.1 Å². The average Bonchev–Trinajstić information content (AvgIpc) is 3.14. The van der Waals surface area contributed by atoms with Gasteiger partial charge >= 0.3 is 18.0 Å². The number of halogens is 3. The first kappa shape index (κ1) is 27.5. The first-order valence-electron chi connectivity index (χ1n) is 12.3. The molecule has 1 unspecified atom stereocenters. The van der Waals surface area contributed by atoms with Crippen molar-refractivity contribution in [3.63, 3.8) is 0 Å². The van der Waals surface area contributed by atoms with E-state index in [1.807, 2.05) is 0 Å². The predicted octanol–water partition coefficient (Wildman–Crippen LogP) is 4.37. The molecule has 1 aromatic carbocycles. The summed E-state index contributed by atoms with van der Waals surface area (Å²) in [6.45, 7) is 4.95. The third-order valence-corrected chi connectivity index (χ3v) is 6.51. The highest BCUT2D eigenvalue weighted by atomic mass is 19.2. The second-order valence-electron chi connectivity index (χ2n) is 8.93. The summed E-state index contributed by atoms with van der Waals surface area (Å²) in [5.74, 6) is -5.60. The number of imide groups is 1. The summed E-state index contributed by atoms with van der Waals surface area (Å²) in [6.07, 6.45) is 6.53. The Kier molecular flexibility index (Phi) is 9.74. The summed E-state index contributed by atoms with van der Waals surface area (Å²) in [5.41, 5.74) is -0.297. The molecule has 2 heterocycles. The third-order valence-electron chi connectivity index (χ3n) is 6.51. The van der Waals surface area contributed by atoms with E-state index in [9.17, 15) is 27.6 Å². The van der Waals surface area contributed by atoms with Crippen LogP contribution in [0.4, 0.5) is 22.8 Å². The lowest BCUT2D eigenvalue weighted by Gasteiger charge is -2.36. The summed E-state index contributed by atoms with van der Waals surface area (Å²) in [6, 6.07) is -1.91. The van der Waals surface area contributed by atoms with Crippen LogP contribution in [0.15, 0.2) is 23.4 Å². The van der Waals surface area contributed by atoms with Crippen molar-refractivity contribution < 1.29 is 32.3 Å². The highest BCUT2D eigenvalue weighted by Gasteiger charge is 2.43. The molecule has 36 heavy (non-hydrogen) atoms. The van der Waals surface area contributed by atoms with Crippen LogP contribution in [0, 0.1) is 17.5 Å². The van der Waals surface area contributed by atoms with Gasteiger partial charge < -0.3 is 20.3 Å². The summed E-state index contributed by atoms with van der Waals surface area (Å²) >= 11 is 0. The van der Waals surface area contributed by atoms with Crippen LogP contribution < -0.4 is 10.6 Å². The van der Waals surface area contributed by atoms with Crippen LogP contribution in [0.3, 0.4) is 0 Å². The molecule has 2 aliphatic heterocycles. The van der Waals surface area contributed by atoms with E-state index in [2.05, 4.69) is 15.5 Å². The minimum Gasteiger partial charge on any atom is -0.466 e. The average molecular weight is 511 g/mol. The molecule has 2 N–H and O–H groups in total. The molecule has 1 aromatic rings. The number of methoxy groups -OCH3 is 1. The fraction of sp³-hybridized carbons (Fsp3) is 0.560. The lowest BCUT2D eigenvalue weighted by atomic mass is 9.92. The summed E-state index contributed by atoms with van der Waals surface area (Å²) in [4.78, 5) is 41.7. The molecular formula is C25H33F3N4O4. The van der Waals surface area contributed by atoms with Crippen molar-refractivity contribution in [3.05, 3.63) is 46.4 Å². The van der Waals surface area contributed by atoms with Crippen LogP contribution in [-0.2, 0) is 9.53 Å². The van der Waals surface area contributed by atoms with Gasteiger partial charge in [0.1, 0.15) is 6.04 Å². The molecular weight excluding hydrogens is 477 g/mol. The normalized spacial score (nSPS) is 19.1. The van der Waals surface area contributed by atoms with Gasteiger partial charge in [0.2, 0.25) is 0 Å². The number of allylic oxidation sites excluding steroid dienone is 1. The highest BCUT2D eigenvalue weighted by Crippen LogP contribution is 2.36. The number of carbonyl (C=O) groups excluding carboxylic acids is 3. The number of carbonyl (C=O) groups is 3. The van der Waals surface area contributed by atoms with Gasteiger partial charge in [-0.15, -0.1) is 0 Å². The molecule has 0 aliphatic carbocycles. The summed E-state index contributed by atoms with van der Waals surface area (Å²) in [7, 11) is 1.11. The van der Waals surface area contributed by atoms with Gasteiger partial charge in [-0.3, -0.25) is 0 Å². The van der Waals surface area contributed by atoms with Gasteiger partial charge in [0, 0.05) is 12.2 Å². The van der Waals surface area contributed by atoms with Crippen molar-refractivity contribution in [3.8, 4) is 0 Å². The van der Waals surface area contributed by atoms with E-state index >= 15 is 0 Å². The Morgan fingerprint density at radius 3 is 2.31 bits per heavy atom. The minimum absolute atomic E-state index is 0.142. The number of ether oxygens (including phenoxy) is 1. The first-order valence-corrected chi connectivity index (χ1v) is 12.3. The van der Waals surface area contributed by atoms with E-state index < -0.39 is 41.5 Å². The molecule has 11 heteroatoms. The standard InChI is InChI=1S/C25H33F3N4O4/c1-3-19-20(23(33)36-2)22(16-14-17(26)21(28)18(27)15-16)32(25(35)30-19)24(34)29-10-6-9-13-31-11-7-4-5-8-12-31/h14-15,22H,3-13H2,1-2H3,(H,29,34)(H,30,35). The smallest absolute Gasteiger partial charge is 0.338 e. The second kappa shape index (κ2) is 12.8. The monoisotopic (exact) mass is 510 g/mol. The van der Waals surface area contributed by atoms with Crippen molar-refractivity contribution in [2.45, 2.75) is 57.9 Å². The number of rotatable bonds is 8. The van der Waals surface area contributed by atoms with E-state index in [0.29, 0.717) is 23.5 Å². The van der Waals surface area contributed by atoms with E-state index in [4.69, 9.17) is 4.74 Å². The van der Waals surface area contributed by atoms with E-state index in [1.54, 1.807) is 6.92 Å². The Morgan fingerprint density at radius 1 is 1.08 bits per heavy atom. The molecule has 2 aliphatic rings. The molecule has 1 atom stereocenters. The van der Waals surface area contributed by atoms with E-state index in [-0.39, 0.29) is 29.8 Å². The number of nitrogens with zero attached hydrogens (tertiary/aromatic N) is 2. The first-order chi connectivity index (χ1) is 17.3. The molecule has 0 radical (unpaired) electrons. The van der Waals surface area contributed by atoms with Crippen molar-refractivity contribution >= 4 is 18.0 Å². The van der Waals surface area contributed by atoms with Gasteiger partial charge in [0.25, 0.3) is 0 Å². The maximum Gasteiger partial charge on any atom is 0.338 e. The number of esters is 1. The quantitative estimate of drug-likeness (QED) is 0.308. The van der Waals surface area contributed by atoms with Gasteiger partial charge in [-0.1, -0.05) is 19.8 Å². The zero-order valence-electron chi connectivity index (χ0n) is 20.7. The summed E-state index contributed by atoms with van der Waals surface area (Å²) in [5, 5.41) is 5.14. The SMILES string of the molecule is CCC1=C(C(=O)OC)C(c2cc(F)c(F)c(F)c2)N(C(=O)NCCCCN2CCCCCC2)C(=O)N1. The van der Waals surface area contributed by atoms with Crippen LogP contribution in [0.1, 0.15) is 63.5 Å². The van der Waals surface area contributed by atoms with Crippen LogP contribution in [0.5, 0.6) is 0 Å². The molecule has 1 saturated heterocycles. The third kappa shape index (κ3) is 6.37. The topological polar surface area (TPSA) is 91.0 Å². The number of amides is 4. The van der Waals surface area contributed by atoms with Crippen molar-refractivity contribution in [2.24, 2.45) is 0 Å². The number of unbranched alkanes of at least 4 members (excludes halogenated alkanes) is 1. The molecule has 1 fully saturated rings. The fourth-order valence-corrected chi connectivity index (χ4v) is 4.65. The number of nitrogens with one attached hydrogen (secondary N) is 2. The Labute approximate surface area is 208 Å². The van der Waals surface area contributed by atoms with Gasteiger partial charge in [-0.05, 0) is 69.4 Å². The number of likely N-dealkylation sites (tertiary alicyclic amines) is 1. The maximum atomic E-state index is 14.1. The largest absolute Gasteiger partial charge is 0.466 e. The molecule has 8 nitrogen and oxygen atoms in total. The number of benzene rings is 1. The lowest BCUT2D eigenvalue weighted by molar-refractivity contribution is -0.136. The Hall–Kier alpha value is -3.08. The Morgan fingerprint density at radius 2 is 1.72 bits per heavy atom. The lowest BCUT2D eigenvalue weighted by Crippen LogP contribution is -2.54. The highest BCUT2D eigenvalue weighted by molar-refractivity contribution is 6.01. The summed E-state index contributed by atoms with van der Waals surface area (Å²) < 4.78 is 46.7. The number of urea groups is 2. The molecule has 0 saturated carbocycles. The Balaban J connectivity index is 1.79. The predicted molar refractivity (Wildman–Crippen MR) is 126 cm³/mol. The van der Waals surface area contributed by atoms with Gasteiger partial charge in [-0.2, -0.15) is 0 Å². The zero-order chi connectivity index (χ0) is 26.2. The molecule has 198 valence electrons. The van der Waals surface area contributed by atoms with Gasteiger partial charge in [-0.25, -0.2) is 32.5 Å². The van der Waals surface area contributed by atoms with Crippen molar-refractivity contribution in [2.75, 3.05) is 33.3 Å². The second-order valence-corrected chi connectivity index (χ2v) is 8.93. The fourth-order valence-electron chi connectivity index (χ4n) is 4.65. The van der Waals surface area contributed by atoms with Crippen LogP contribution >= 0.6 is 0 Å². The van der Waals surface area contributed by atoms with E-state index in [1.165, 1.54) is 25.7 Å². The zero-order valence-corrected chi connectivity index (χ0v) is 20.7. The molecule has 0 bridgehead atoms. The minimum atomic E-state index is -1.70. The van der Waals surface area contributed by atoms with Crippen LogP contribution in [0.25, 0.3) is 0 Å².